The van der Waals surface area contributed by atoms with Gasteiger partial charge in [-0.05, 0) is 17.7 Å². The number of ether oxygens (including phenoxy) is 2. The predicted octanol–water partition coefficient (Wildman–Crippen LogP) is 4.06. The van der Waals surface area contributed by atoms with Gasteiger partial charge in [0.2, 0.25) is 0 Å². The van der Waals surface area contributed by atoms with Gasteiger partial charge in [0, 0.05) is 29.7 Å². The Morgan fingerprint density at radius 1 is 0.906 bits per heavy atom. The van der Waals surface area contributed by atoms with Crippen LogP contribution >= 0.6 is 0 Å². The van der Waals surface area contributed by atoms with Gasteiger partial charge in [0.1, 0.15) is 0 Å². The number of carbonyl (C=O) groups excluding carboxylic acids is 2. The van der Waals surface area contributed by atoms with Crippen molar-refractivity contribution in [1.29, 1.82) is 0 Å². The van der Waals surface area contributed by atoms with Gasteiger partial charge in [-0.25, -0.2) is 0 Å². The zero-order valence-electron chi connectivity index (χ0n) is 17.8. The monoisotopic (exact) mass is 429 g/mol. The molecule has 0 saturated heterocycles. The Morgan fingerprint density at radius 2 is 1.56 bits per heavy atom. The first kappa shape index (κ1) is 21.0. The van der Waals surface area contributed by atoms with E-state index in [9.17, 15) is 9.59 Å². The lowest BCUT2D eigenvalue weighted by atomic mass is 10.1. The highest BCUT2D eigenvalue weighted by Crippen LogP contribution is 2.34. The molecule has 32 heavy (non-hydrogen) atoms. The summed E-state index contributed by atoms with van der Waals surface area (Å²) in [6.45, 7) is 0.623. The first-order chi connectivity index (χ1) is 15.5. The summed E-state index contributed by atoms with van der Waals surface area (Å²) in [6, 6.07) is 20.7. The molecule has 3 aromatic carbocycles. The first-order valence-corrected chi connectivity index (χ1v) is 10.0. The number of benzene rings is 3. The van der Waals surface area contributed by atoms with E-state index < -0.39 is 5.91 Å². The molecule has 1 aromatic heterocycles. The van der Waals surface area contributed by atoms with E-state index in [-0.39, 0.29) is 17.2 Å². The van der Waals surface area contributed by atoms with Crippen LogP contribution < -0.4 is 20.5 Å². The average molecular weight is 429 g/mol. The van der Waals surface area contributed by atoms with Crippen molar-refractivity contribution >= 4 is 28.4 Å². The van der Waals surface area contributed by atoms with Crippen molar-refractivity contribution in [2.45, 2.75) is 6.54 Å². The second kappa shape index (κ2) is 8.85. The lowest BCUT2D eigenvalue weighted by Gasteiger charge is -2.14. The molecule has 1 heterocycles. The van der Waals surface area contributed by atoms with Crippen LogP contribution in [-0.4, -0.2) is 30.6 Å². The average Bonchev–Trinajstić information content (AvgIpc) is 3.17. The third-order valence-electron chi connectivity index (χ3n) is 5.27. The van der Waals surface area contributed by atoms with Crippen LogP contribution in [0.4, 0.5) is 5.69 Å². The van der Waals surface area contributed by atoms with Crippen molar-refractivity contribution in [2.75, 3.05) is 19.5 Å². The number of aromatic nitrogens is 1. The summed E-state index contributed by atoms with van der Waals surface area (Å²) >= 11 is 0. The number of methoxy groups -OCH3 is 2. The number of primary amides is 1. The number of anilines is 1. The fraction of sp³-hybridized carbons (Fsp3) is 0.120. The number of nitrogens with two attached hydrogens (primary N) is 1. The fourth-order valence-electron chi connectivity index (χ4n) is 3.71. The quantitative estimate of drug-likeness (QED) is 0.463. The number of nitrogens with one attached hydrogen (secondary N) is 1. The Bertz CT molecular complexity index is 1300. The Labute approximate surface area is 185 Å². The molecule has 4 aromatic rings. The predicted molar refractivity (Wildman–Crippen MR) is 123 cm³/mol. The summed E-state index contributed by atoms with van der Waals surface area (Å²) in [7, 11) is 2.94. The van der Waals surface area contributed by atoms with Gasteiger partial charge in [-0.2, -0.15) is 0 Å². The maximum absolute atomic E-state index is 13.3. The maximum atomic E-state index is 13.3. The van der Waals surface area contributed by atoms with Crippen molar-refractivity contribution in [2.24, 2.45) is 5.73 Å². The molecular weight excluding hydrogens is 406 g/mol. The van der Waals surface area contributed by atoms with Gasteiger partial charge in [0.25, 0.3) is 11.8 Å². The van der Waals surface area contributed by atoms with Gasteiger partial charge in [0.05, 0.1) is 31.0 Å². The number of para-hydroxylation sites is 1. The van der Waals surface area contributed by atoms with Crippen LogP contribution in [0, 0.1) is 0 Å². The lowest BCUT2D eigenvalue weighted by molar-refractivity contribution is 0.100. The normalized spacial score (nSPS) is 10.7. The van der Waals surface area contributed by atoms with E-state index in [0.29, 0.717) is 23.6 Å². The molecule has 0 bridgehead atoms. The van der Waals surface area contributed by atoms with Crippen LogP contribution in [0.3, 0.4) is 0 Å². The highest BCUT2D eigenvalue weighted by atomic mass is 16.5. The van der Waals surface area contributed by atoms with Crippen LogP contribution in [0.1, 0.15) is 26.3 Å². The van der Waals surface area contributed by atoms with Gasteiger partial charge in [-0.1, -0.05) is 48.5 Å². The molecule has 162 valence electrons. The zero-order chi connectivity index (χ0) is 22.7. The Hall–Kier alpha value is -4.26. The maximum Gasteiger partial charge on any atom is 0.257 e. The third kappa shape index (κ3) is 4.00. The largest absolute Gasteiger partial charge is 0.493 e. The smallest absolute Gasteiger partial charge is 0.257 e. The first-order valence-electron chi connectivity index (χ1n) is 10.0. The molecule has 0 fully saturated rings. The molecule has 0 aliphatic rings. The number of carbonyl (C=O) groups is 2. The molecule has 0 aliphatic carbocycles. The summed E-state index contributed by atoms with van der Waals surface area (Å²) in [5.41, 5.74) is 8.46. The van der Waals surface area contributed by atoms with Crippen molar-refractivity contribution in [3.8, 4) is 11.5 Å². The molecule has 0 aliphatic heterocycles. The molecular formula is C25H23N3O4. The van der Waals surface area contributed by atoms with E-state index in [1.165, 1.54) is 26.4 Å². The molecule has 2 amide bonds. The summed E-state index contributed by atoms with van der Waals surface area (Å²) in [4.78, 5) is 25.3. The van der Waals surface area contributed by atoms with Crippen LogP contribution in [0.25, 0.3) is 10.9 Å². The van der Waals surface area contributed by atoms with E-state index >= 15 is 0 Å². The molecule has 3 N–H and O–H groups in total. The van der Waals surface area contributed by atoms with Gasteiger partial charge in [0.15, 0.2) is 11.5 Å². The van der Waals surface area contributed by atoms with Crippen molar-refractivity contribution in [3.63, 3.8) is 0 Å². The number of fused-ring (bicyclic) bond motifs is 1. The van der Waals surface area contributed by atoms with Gasteiger partial charge in [-0.3, -0.25) is 9.59 Å². The number of hydrogen-bond donors (Lipinski definition) is 2. The molecule has 7 nitrogen and oxygen atoms in total. The Morgan fingerprint density at radius 3 is 2.25 bits per heavy atom. The lowest BCUT2D eigenvalue weighted by Crippen LogP contribution is -2.18. The van der Waals surface area contributed by atoms with E-state index in [0.717, 1.165) is 16.5 Å². The molecule has 0 spiro atoms. The molecule has 0 atom stereocenters. The van der Waals surface area contributed by atoms with Crippen LogP contribution in [0.2, 0.25) is 0 Å². The van der Waals surface area contributed by atoms with E-state index in [1.807, 2.05) is 65.4 Å². The summed E-state index contributed by atoms with van der Waals surface area (Å²) in [6.07, 6.45) is 1.82. The van der Waals surface area contributed by atoms with Gasteiger partial charge >= 0.3 is 0 Å². The Balaban J connectivity index is 1.73. The second-order valence-electron chi connectivity index (χ2n) is 7.24. The number of nitrogens with zero attached hydrogens (tertiary/aromatic N) is 1. The van der Waals surface area contributed by atoms with Crippen LogP contribution in [-0.2, 0) is 6.54 Å². The van der Waals surface area contributed by atoms with Crippen molar-refractivity contribution in [3.05, 3.63) is 89.6 Å². The van der Waals surface area contributed by atoms with Crippen molar-refractivity contribution in [1.82, 2.24) is 4.57 Å². The molecule has 0 saturated carbocycles. The number of hydrogen-bond acceptors (Lipinski definition) is 4. The van der Waals surface area contributed by atoms with Crippen LogP contribution in [0.5, 0.6) is 11.5 Å². The van der Waals surface area contributed by atoms with Gasteiger partial charge < -0.3 is 25.1 Å². The highest BCUT2D eigenvalue weighted by Gasteiger charge is 2.20. The number of rotatable bonds is 7. The molecule has 0 radical (unpaired) electrons. The zero-order valence-corrected chi connectivity index (χ0v) is 17.8. The van der Waals surface area contributed by atoms with E-state index in [4.69, 9.17) is 15.2 Å². The minimum Gasteiger partial charge on any atom is -0.493 e. The van der Waals surface area contributed by atoms with E-state index in [2.05, 4.69) is 5.32 Å². The minimum absolute atomic E-state index is 0.129. The molecule has 4 rings (SSSR count). The van der Waals surface area contributed by atoms with Gasteiger partial charge in [-0.15, -0.1) is 0 Å². The number of amides is 2. The highest BCUT2D eigenvalue weighted by molar-refractivity contribution is 6.15. The van der Waals surface area contributed by atoms with Crippen molar-refractivity contribution < 1.29 is 19.1 Å². The second-order valence-corrected chi connectivity index (χ2v) is 7.24. The topological polar surface area (TPSA) is 95.6 Å². The minimum atomic E-state index is -0.687. The molecule has 0 unspecified atom stereocenters. The van der Waals surface area contributed by atoms with Crippen LogP contribution in [0.15, 0.2) is 72.9 Å². The fourth-order valence-corrected chi connectivity index (χ4v) is 3.71. The summed E-state index contributed by atoms with van der Waals surface area (Å²) < 4.78 is 12.6. The summed E-state index contributed by atoms with van der Waals surface area (Å²) in [5.74, 6) is -0.325. The van der Waals surface area contributed by atoms with E-state index in [1.54, 1.807) is 0 Å². The third-order valence-corrected chi connectivity index (χ3v) is 5.27. The Kier molecular flexibility index (Phi) is 5.81. The molecule has 7 heteroatoms. The summed E-state index contributed by atoms with van der Waals surface area (Å²) in [5, 5.41) is 3.62. The SMILES string of the molecule is COc1cc(NC(=O)c2cn(Cc3ccccc3)c3ccccc23)c(C(N)=O)cc1OC. The standard InChI is InChI=1S/C25H23N3O4/c1-31-22-12-18(24(26)29)20(13-23(22)32-2)27-25(30)19-15-28(14-16-8-4-3-5-9-16)21-11-7-6-10-17(19)21/h3-13,15H,14H2,1-2H3,(H2,26,29)(H,27,30).